The Bertz CT molecular complexity index is 864. The molecule has 124 valence electrons. The lowest BCUT2D eigenvalue weighted by Crippen LogP contribution is -1.90. The Labute approximate surface area is 144 Å². The lowest BCUT2D eigenvalue weighted by molar-refractivity contribution is 0.386. The minimum atomic E-state index is -0.378. The number of aryl methyl sites for hydroxylation is 2. The second-order valence-corrected chi connectivity index (χ2v) is 6.36. The van der Waals surface area contributed by atoms with Crippen molar-refractivity contribution in [2.24, 2.45) is 0 Å². The highest BCUT2D eigenvalue weighted by molar-refractivity contribution is 7.98. The summed E-state index contributed by atoms with van der Waals surface area (Å²) in [5, 5.41) is 8.58. The van der Waals surface area contributed by atoms with Gasteiger partial charge in [-0.15, -0.1) is 10.2 Å². The summed E-state index contributed by atoms with van der Waals surface area (Å²) in [4.78, 5) is 0. The first-order valence-electron chi connectivity index (χ1n) is 7.43. The smallest absolute Gasteiger partial charge is 0.277 e. The molecule has 0 spiro atoms. The van der Waals surface area contributed by atoms with E-state index in [0.717, 1.165) is 11.1 Å². The van der Waals surface area contributed by atoms with Crippen molar-refractivity contribution < 1.29 is 13.5 Å². The molecule has 0 radical (unpaired) electrons. The van der Waals surface area contributed by atoms with Crippen molar-refractivity contribution in [1.82, 2.24) is 10.2 Å². The first kappa shape index (κ1) is 16.5. The summed E-state index contributed by atoms with van der Waals surface area (Å²) in [5.41, 5.74) is 4.11. The highest BCUT2D eigenvalue weighted by atomic mass is 32.2. The van der Waals surface area contributed by atoms with E-state index in [1.807, 2.05) is 31.2 Å². The number of halogens is 1. The van der Waals surface area contributed by atoms with Gasteiger partial charge in [-0.25, -0.2) is 4.39 Å². The fraction of sp³-hybridized carbons (Fsp3) is 0.222. The normalized spacial score (nSPS) is 10.8. The van der Waals surface area contributed by atoms with Gasteiger partial charge >= 0.3 is 0 Å². The summed E-state index contributed by atoms with van der Waals surface area (Å²) in [5.74, 6) is 0.882. The molecule has 6 heteroatoms. The van der Waals surface area contributed by atoms with Gasteiger partial charge in [-0.2, -0.15) is 0 Å². The Morgan fingerprint density at radius 1 is 1.08 bits per heavy atom. The second kappa shape index (κ2) is 7.05. The van der Waals surface area contributed by atoms with E-state index < -0.39 is 0 Å². The number of methoxy groups -OCH3 is 1. The third-order valence-electron chi connectivity index (χ3n) is 3.74. The van der Waals surface area contributed by atoms with E-state index in [1.54, 1.807) is 6.07 Å². The summed E-state index contributed by atoms with van der Waals surface area (Å²) in [7, 11) is 1.44. The van der Waals surface area contributed by atoms with Crippen LogP contribution in [0.25, 0.3) is 11.5 Å². The van der Waals surface area contributed by atoms with E-state index in [0.29, 0.717) is 16.9 Å². The van der Waals surface area contributed by atoms with Crippen molar-refractivity contribution in [2.75, 3.05) is 7.11 Å². The van der Waals surface area contributed by atoms with E-state index in [1.165, 1.54) is 36.1 Å². The number of ether oxygens (including phenoxy) is 1. The average molecular weight is 344 g/mol. The molecule has 1 aromatic heterocycles. The highest BCUT2D eigenvalue weighted by Crippen LogP contribution is 2.28. The van der Waals surface area contributed by atoms with Gasteiger partial charge in [0.1, 0.15) is 0 Å². The van der Waals surface area contributed by atoms with Crippen molar-refractivity contribution in [1.29, 1.82) is 0 Å². The molecule has 0 amide bonds. The van der Waals surface area contributed by atoms with Crippen molar-refractivity contribution in [3.8, 4) is 17.2 Å². The fourth-order valence-corrected chi connectivity index (χ4v) is 2.91. The monoisotopic (exact) mass is 344 g/mol. The largest absolute Gasteiger partial charge is 0.494 e. The van der Waals surface area contributed by atoms with E-state index in [9.17, 15) is 4.39 Å². The molecule has 0 N–H and O–H groups in total. The Kier molecular flexibility index (Phi) is 4.85. The zero-order chi connectivity index (χ0) is 17.1. The quantitative estimate of drug-likeness (QED) is 0.623. The molecule has 0 saturated heterocycles. The molecule has 0 fully saturated rings. The molecule has 0 atom stereocenters. The van der Waals surface area contributed by atoms with Crippen LogP contribution in [0, 0.1) is 19.7 Å². The predicted molar refractivity (Wildman–Crippen MR) is 91.7 cm³/mol. The summed E-state index contributed by atoms with van der Waals surface area (Å²) in [6.07, 6.45) is 0. The zero-order valence-electron chi connectivity index (χ0n) is 13.7. The molecular formula is C18H17FN2O2S. The first-order valence-corrected chi connectivity index (χ1v) is 8.41. The SMILES string of the molecule is COc1ccc(CSc2nnc(-c3ccc(C)c(C)c3)o2)cc1F. The van der Waals surface area contributed by atoms with Crippen LogP contribution in [-0.2, 0) is 5.75 Å². The Balaban J connectivity index is 1.70. The van der Waals surface area contributed by atoms with Crippen LogP contribution in [-0.4, -0.2) is 17.3 Å². The molecule has 0 unspecified atom stereocenters. The van der Waals surface area contributed by atoms with Gasteiger partial charge in [0.2, 0.25) is 5.89 Å². The van der Waals surface area contributed by atoms with Crippen LogP contribution in [0.4, 0.5) is 4.39 Å². The zero-order valence-corrected chi connectivity index (χ0v) is 14.5. The van der Waals surface area contributed by atoms with Crippen LogP contribution < -0.4 is 4.74 Å². The Morgan fingerprint density at radius 3 is 2.62 bits per heavy atom. The molecule has 0 saturated carbocycles. The van der Waals surface area contributed by atoms with Gasteiger partial charge in [0.05, 0.1) is 7.11 Å². The highest BCUT2D eigenvalue weighted by Gasteiger charge is 2.11. The number of thioether (sulfide) groups is 1. The number of rotatable bonds is 5. The number of hydrogen-bond acceptors (Lipinski definition) is 5. The lowest BCUT2D eigenvalue weighted by Gasteiger charge is -2.03. The predicted octanol–water partition coefficient (Wildman–Crippen LogP) is 4.79. The first-order chi connectivity index (χ1) is 11.6. The number of aromatic nitrogens is 2. The van der Waals surface area contributed by atoms with Gasteiger partial charge in [-0.3, -0.25) is 0 Å². The van der Waals surface area contributed by atoms with Crippen LogP contribution in [0.2, 0.25) is 0 Å². The van der Waals surface area contributed by atoms with Crippen LogP contribution in [0.15, 0.2) is 46.0 Å². The summed E-state index contributed by atoms with van der Waals surface area (Å²) < 4.78 is 24.3. The van der Waals surface area contributed by atoms with Crippen LogP contribution in [0.1, 0.15) is 16.7 Å². The van der Waals surface area contributed by atoms with Gasteiger partial charge in [-0.05, 0) is 54.8 Å². The van der Waals surface area contributed by atoms with Gasteiger partial charge in [0.25, 0.3) is 5.22 Å². The maximum atomic E-state index is 13.7. The maximum absolute atomic E-state index is 13.7. The van der Waals surface area contributed by atoms with Crippen LogP contribution >= 0.6 is 11.8 Å². The number of nitrogens with zero attached hydrogens (tertiary/aromatic N) is 2. The molecule has 2 aromatic carbocycles. The molecule has 0 aliphatic carbocycles. The van der Waals surface area contributed by atoms with Crippen LogP contribution in [0.5, 0.6) is 5.75 Å². The standard InChI is InChI=1S/C18H17FN2O2S/c1-11-4-6-14(8-12(11)2)17-20-21-18(23-17)24-10-13-5-7-16(22-3)15(19)9-13/h4-9H,10H2,1-3H3. The molecule has 3 rings (SSSR count). The minimum Gasteiger partial charge on any atom is -0.494 e. The van der Waals surface area contributed by atoms with Crippen molar-refractivity contribution in [3.63, 3.8) is 0 Å². The molecule has 0 bridgehead atoms. The van der Waals surface area contributed by atoms with Crippen molar-refractivity contribution >= 4 is 11.8 Å². The molecule has 3 aromatic rings. The van der Waals surface area contributed by atoms with Crippen molar-refractivity contribution in [2.45, 2.75) is 24.8 Å². The molecular weight excluding hydrogens is 327 g/mol. The lowest BCUT2D eigenvalue weighted by atomic mass is 10.1. The van der Waals surface area contributed by atoms with Gasteiger partial charge < -0.3 is 9.15 Å². The number of hydrogen-bond donors (Lipinski definition) is 0. The topological polar surface area (TPSA) is 48.2 Å². The number of benzene rings is 2. The van der Waals surface area contributed by atoms with E-state index in [-0.39, 0.29) is 11.6 Å². The molecule has 4 nitrogen and oxygen atoms in total. The van der Waals surface area contributed by atoms with Gasteiger partial charge in [-0.1, -0.05) is 23.9 Å². The van der Waals surface area contributed by atoms with Gasteiger partial charge in [0, 0.05) is 11.3 Å². The van der Waals surface area contributed by atoms with Crippen molar-refractivity contribution in [3.05, 3.63) is 58.9 Å². The molecule has 24 heavy (non-hydrogen) atoms. The Hall–Kier alpha value is -2.34. The maximum Gasteiger partial charge on any atom is 0.277 e. The van der Waals surface area contributed by atoms with Crippen LogP contribution in [0.3, 0.4) is 0 Å². The average Bonchev–Trinajstić information content (AvgIpc) is 3.04. The minimum absolute atomic E-state index is 0.235. The van der Waals surface area contributed by atoms with E-state index >= 15 is 0 Å². The fourth-order valence-electron chi connectivity index (χ4n) is 2.20. The third kappa shape index (κ3) is 3.59. The summed E-state index contributed by atoms with van der Waals surface area (Å²) in [6.45, 7) is 4.10. The van der Waals surface area contributed by atoms with E-state index in [4.69, 9.17) is 9.15 Å². The Morgan fingerprint density at radius 2 is 1.92 bits per heavy atom. The molecule has 0 aliphatic rings. The summed E-state index contributed by atoms with van der Waals surface area (Å²) in [6, 6.07) is 10.9. The summed E-state index contributed by atoms with van der Waals surface area (Å²) >= 11 is 1.37. The molecule has 0 aliphatic heterocycles. The van der Waals surface area contributed by atoms with Gasteiger partial charge in [0.15, 0.2) is 11.6 Å². The molecule has 1 heterocycles. The second-order valence-electron chi connectivity index (χ2n) is 5.43. The third-order valence-corrected chi connectivity index (χ3v) is 4.63. The van der Waals surface area contributed by atoms with E-state index in [2.05, 4.69) is 17.1 Å².